The van der Waals surface area contributed by atoms with Gasteiger partial charge in [0.2, 0.25) is 0 Å². The number of hydrogen-bond acceptors (Lipinski definition) is 11. The largest absolute Gasteiger partial charge is 0.480 e. The van der Waals surface area contributed by atoms with Crippen LogP contribution in [0, 0.1) is 0 Å². The summed E-state index contributed by atoms with van der Waals surface area (Å²) in [7, 11) is -15.9. The van der Waals surface area contributed by atoms with Crippen LogP contribution >= 0.6 is 23.3 Å². The summed E-state index contributed by atoms with van der Waals surface area (Å²) < 4.78 is 49.4. The lowest BCUT2D eigenvalue weighted by Crippen LogP contribution is -2.26. The molecule has 0 aromatic carbocycles. The van der Waals surface area contributed by atoms with Gasteiger partial charge in [-0.2, -0.15) is 4.31 Å². The van der Waals surface area contributed by atoms with Gasteiger partial charge in [0, 0.05) is 6.42 Å². The van der Waals surface area contributed by atoms with E-state index >= 15 is 0 Å². The number of aromatic nitrogens is 4. The molecule has 0 spiro atoms. The maximum atomic E-state index is 11.8. The third-order valence-corrected chi connectivity index (χ3v) is 8.01. The van der Waals surface area contributed by atoms with Crippen LogP contribution in [0.5, 0.6) is 0 Å². The van der Waals surface area contributed by atoms with E-state index in [1.807, 2.05) is 0 Å². The number of anilines is 1. The molecule has 30 heavy (non-hydrogen) atoms. The zero-order chi connectivity index (χ0) is 22.3. The number of fused-ring (bicyclic) bond motifs is 1. The standard InChI is InChI=1S/C10H17N6O11P3/c11-9-8-10(13-3-12-9)16(4-14-8)7-1-5(17)6(26-7)2-25-30(23,24)27-29(21,22)15-28(18,19)20/h3-7,17H,1-2H2,(H,23,24)(H2,11,12,13)(H4,15,18,19,20,21,22)/t5-,6+,7+/m0/s1. The van der Waals surface area contributed by atoms with Crippen LogP contribution in [0.15, 0.2) is 12.7 Å². The van der Waals surface area contributed by atoms with Crippen LogP contribution in [-0.2, 0) is 27.3 Å². The van der Waals surface area contributed by atoms with E-state index in [4.69, 9.17) is 20.3 Å². The van der Waals surface area contributed by atoms with Crippen LogP contribution in [0.2, 0.25) is 0 Å². The SMILES string of the molecule is Nc1ncnc2c1ncn2[C@H]1C[C@H](O)[C@@H](COP(=O)(O)OP(=O)(O)NP(=O)(O)O)O1. The lowest BCUT2D eigenvalue weighted by molar-refractivity contribution is -0.0421. The Kier molecular flexibility index (Phi) is 6.47. The predicted molar refractivity (Wildman–Crippen MR) is 96.1 cm³/mol. The molecule has 3 rings (SSSR count). The molecular weight excluding hydrogens is 473 g/mol. The maximum Gasteiger partial charge on any atom is 0.480 e. The van der Waals surface area contributed by atoms with E-state index in [1.165, 1.54) is 17.2 Å². The first kappa shape index (κ1) is 23.3. The van der Waals surface area contributed by atoms with Gasteiger partial charge in [-0.1, -0.05) is 0 Å². The first-order valence-corrected chi connectivity index (χ1v) is 12.6. The highest BCUT2D eigenvalue weighted by molar-refractivity contribution is 7.70. The monoisotopic (exact) mass is 490 g/mol. The number of nitrogens with one attached hydrogen (secondary N) is 1. The van der Waals surface area contributed by atoms with E-state index in [-0.39, 0.29) is 12.2 Å². The predicted octanol–water partition coefficient (Wildman–Crippen LogP) is -1.03. The fraction of sp³-hybridized carbons (Fsp3) is 0.500. The summed E-state index contributed by atoms with van der Waals surface area (Å²) in [6.45, 7) is -0.759. The quantitative estimate of drug-likeness (QED) is 0.218. The highest BCUT2D eigenvalue weighted by atomic mass is 31.3. The molecule has 1 fully saturated rings. The number of phosphoric ester groups is 1. The second kappa shape index (κ2) is 8.31. The topological polar surface area (TPSA) is 262 Å². The fourth-order valence-electron chi connectivity index (χ4n) is 2.63. The van der Waals surface area contributed by atoms with Crippen LogP contribution in [0.4, 0.5) is 5.82 Å². The first-order valence-electron chi connectivity index (χ1n) is 7.89. The number of phosphoric acid groups is 1. The summed E-state index contributed by atoms with van der Waals surface area (Å²) in [5.74, 6) is 0.132. The summed E-state index contributed by atoms with van der Waals surface area (Å²) in [5, 5.41) is 10.1. The van der Waals surface area contributed by atoms with Crippen LogP contribution < -0.4 is 10.6 Å². The van der Waals surface area contributed by atoms with Gasteiger partial charge in [0.15, 0.2) is 11.5 Å². The summed E-state index contributed by atoms with van der Waals surface area (Å²) in [5.41, 5.74) is 6.33. The highest BCUT2D eigenvalue weighted by Gasteiger charge is 2.41. The van der Waals surface area contributed by atoms with E-state index in [1.54, 1.807) is 0 Å². The second-order valence-corrected chi connectivity index (χ2v) is 10.8. The van der Waals surface area contributed by atoms with Crippen molar-refractivity contribution in [2.75, 3.05) is 12.3 Å². The van der Waals surface area contributed by atoms with Gasteiger partial charge < -0.3 is 35.2 Å². The average Bonchev–Trinajstić information content (AvgIpc) is 3.14. The Bertz CT molecular complexity index is 1070. The van der Waals surface area contributed by atoms with Crippen molar-refractivity contribution in [3.05, 3.63) is 12.7 Å². The Labute approximate surface area is 167 Å². The maximum absolute atomic E-state index is 11.8. The third kappa shape index (κ3) is 5.68. The summed E-state index contributed by atoms with van der Waals surface area (Å²) in [6, 6.07) is 0. The molecule has 3 heterocycles. The van der Waals surface area contributed by atoms with Crippen molar-refractivity contribution in [2.24, 2.45) is 0 Å². The Morgan fingerprint density at radius 2 is 1.93 bits per heavy atom. The van der Waals surface area contributed by atoms with Crippen molar-refractivity contribution in [3.63, 3.8) is 0 Å². The molecule has 8 N–H and O–H groups in total. The van der Waals surface area contributed by atoms with E-state index in [0.29, 0.717) is 11.2 Å². The Morgan fingerprint density at radius 3 is 2.60 bits per heavy atom. The average molecular weight is 490 g/mol. The molecule has 1 aliphatic rings. The minimum atomic E-state index is -5.39. The molecule has 0 bridgehead atoms. The molecule has 168 valence electrons. The molecule has 17 nitrogen and oxygen atoms in total. The van der Waals surface area contributed by atoms with Gasteiger partial charge in [-0.3, -0.25) is 9.09 Å². The van der Waals surface area contributed by atoms with Gasteiger partial charge in [-0.25, -0.2) is 28.6 Å². The zero-order valence-electron chi connectivity index (χ0n) is 14.7. The van der Waals surface area contributed by atoms with Gasteiger partial charge in [-0.05, 0) is 0 Å². The summed E-state index contributed by atoms with van der Waals surface area (Å²) >= 11 is 0. The molecule has 0 radical (unpaired) electrons. The van der Waals surface area contributed by atoms with Gasteiger partial charge >= 0.3 is 23.3 Å². The lowest BCUT2D eigenvalue weighted by atomic mass is 10.2. The number of nitrogens with zero attached hydrogens (tertiary/aromatic N) is 4. The van der Waals surface area contributed by atoms with Crippen LogP contribution in [0.25, 0.3) is 11.2 Å². The van der Waals surface area contributed by atoms with Crippen molar-refractivity contribution >= 4 is 40.3 Å². The zero-order valence-corrected chi connectivity index (χ0v) is 17.4. The fourth-order valence-corrected chi connectivity index (χ4v) is 6.07. The van der Waals surface area contributed by atoms with Crippen molar-refractivity contribution in [3.8, 4) is 0 Å². The van der Waals surface area contributed by atoms with E-state index in [9.17, 15) is 28.6 Å². The molecule has 20 heteroatoms. The molecule has 0 aliphatic carbocycles. The number of aliphatic hydroxyl groups is 1. The summed E-state index contributed by atoms with van der Waals surface area (Å²) in [6.07, 6.45) is -0.568. The van der Waals surface area contributed by atoms with Crippen LogP contribution in [0.3, 0.4) is 0 Å². The van der Waals surface area contributed by atoms with Crippen LogP contribution in [0.1, 0.15) is 12.6 Å². The third-order valence-electron chi connectivity index (χ3n) is 3.77. The number of rotatable bonds is 8. The molecule has 1 aliphatic heterocycles. The molecule has 1 saturated heterocycles. The summed E-state index contributed by atoms with van der Waals surface area (Å²) in [4.78, 5) is 48.7. The van der Waals surface area contributed by atoms with Crippen molar-refractivity contribution in [1.82, 2.24) is 24.4 Å². The molecule has 2 aromatic rings. The number of imidazole rings is 1. The Hall–Kier alpha value is -1.32. The molecule has 0 amide bonds. The molecular formula is C10H17N6O11P3. The van der Waals surface area contributed by atoms with E-state index in [2.05, 4.69) is 23.8 Å². The molecule has 2 unspecified atom stereocenters. The van der Waals surface area contributed by atoms with Crippen molar-refractivity contribution in [1.29, 1.82) is 0 Å². The van der Waals surface area contributed by atoms with Gasteiger partial charge in [0.25, 0.3) is 0 Å². The smallest absolute Gasteiger partial charge is 0.390 e. The Morgan fingerprint density at radius 1 is 1.23 bits per heavy atom. The van der Waals surface area contributed by atoms with Gasteiger partial charge in [0.1, 0.15) is 24.2 Å². The van der Waals surface area contributed by atoms with E-state index in [0.717, 1.165) is 4.86 Å². The minimum absolute atomic E-state index is 0.0121. The number of nitrogens with two attached hydrogens (primary N) is 1. The molecule has 5 atom stereocenters. The van der Waals surface area contributed by atoms with E-state index < -0.39 is 48.4 Å². The van der Waals surface area contributed by atoms with Crippen molar-refractivity contribution in [2.45, 2.75) is 24.9 Å². The highest BCUT2D eigenvalue weighted by Crippen LogP contribution is 2.61. The molecule has 2 aromatic heterocycles. The van der Waals surface area contributed by atoms with Crippen molar-refractivity contribution < 1.29 is 51.9 Å². The Balaban J connectivity index is 1.64. The number of ether oxygens (including phenoxy) is 1. The van der Waals surface area contributed by atoms with Gasteiger partial charge in [0.05, 0.1) is 19.0 Å². The lowest BCUT2D eigenvalue weighted by Gasteiger charge is -2.20. The second-order valence-electron chi connectivity index (χ2n) is 6.03. The number of hydrogen-bond donors (Lipinski definition) is 7. The normalized spacial score (nSPS) is 26.5. The van der Waals surface area contributed by atoms with Gasteiger partial charge in [-0.15, -0.1) is 4.86 Å². The number of aliphatic hydroxyl groups excluding tert-OH is 1. The molecule has 0 saturated carbocycles. The first-order chi connectivity index (χ1) is 13.8. The minimum Gasteiger partial charge on any atom is -0.390 e. The van der Waals surface area contributed by atoms with Crippen LogP contribution in [-0.4, -0.2) is 63.0 Å². The number of nitrogen functional groups attached to an aromatic ring is 1.